The Morgan fingerprint density at radius 3 is 2.79 bits per heavy atom. The predicted octanol–water partition coefficient (Wildman–Crippen LogP) is 4.62. The predicted molar refractivity (Wildman–Crippen MR) is 81.1 cm³/mol. The van der Waals surface area contributed by atoms with Gasteiger partial charge >= 0.3 is 0 Å². The van der Waals surface area contributed by atoms with E-state index in [0.717, 1.165) is 0 Å². The molecule has 1 atom stereocenters. The summed E-state index contributed by atoms with van der Waals surface area (Å²) in [7, 11) is 0. The lowest BCUT2D eigenvalue weighted by Crippen LogP contribution is -2.34. The Kier molecular flexibility index (Phi) is 2.96. The van der Waals surface area contributed by atoms with Crippen LogP contribution < -0.4 is 0 Å². The third-order valence-corrected chi connectivity index (χ3v) is 4.72. The minimum absolute atomic E-state index is 0.399. The fourth-order valence-electron chi connectivity index (χ4n) is 3.82. The SMILES string of the molecule is C=C1CCCN1C1CC(C)(C)Cc2ccc(C)cc21. The van der Waals surface area contributed by atoms with Crippen molar-refractivity contribution in [2.24, 2.45) is 5.41 Å². The number of nitrogens with zero attached hydrogens (tertiary/aromatic N) is 1. The maximum Gasteiger partial charge on any atom is 0.0547 e. The molecule has 1 aromatic carbocycles. The van der Waals surface area contributed by atoms with E-state index >= 15 is 0 Å². The monoisotopic (exact) mass is 255 g/mol. The second-order valence-electron chi connectivity index (χ2n) is 7.13. The maximum absolute atomic E-state index is 4.28. The third kappa shape index (κ3) is 2.31. The van der Waals surface area contributed by atoms with Crippen molar-refractivity contribution in [2.45, 2.75) is 52.5 Å². The Labute approximate surface area is 117 Å². The van der Waals surface area contributed by atoms with Crippen molar-refractivity contribution >= 4 is 0 Å². The third-order valence-electron chi connectivity index (χ3n) is 4.72. The van der Waals surface area contributed by atoms with Crippen molar-refractivity contribution in [1.82, 2.24) is 4.90 Å². The first-order valence-electron chi connectivity index (χ1n) is 7.50. The summed E-state index contributed by atoms with van der Waals surface area (Å²) in [6, 6.07) is 7.56. The normalized spacial score (nSPS) is 25.5. The van der Waals surface area contributed by atoms with E-state index in [1.807, 2.05) is 0 Å². The highest BCUT2D eigenvalue weighted by molar-refractivity contribution is 5.38. The number of fused-ring (bicyclic) bond motifs is 1. The summed E-state index contributed by atoms with van der Waals surface area (Å²) in [6.45, 7) is 12.5. The van der Waals surface area contributed by atoms with Crippen LogP contribution in [0.2, 0.25) is 0 Å². The highest BCUT2D eigenvalue weighted by Gasteiger charge is 2.36. The Hall–Kier alpha value is -1.24. The molecule has 0 amide bonds. The van der Waals surface area contributed by atoms with Crippen LogP contribution in [0.1, 0.15) is 55.8 Å². The molecular formula is C18H25N. The Bertz CT molecular complexity index is 512. The fourth-order valence-corrected chi connectivity index (χ4v) is 3.82. The summed E-state index contributed by atoms with van der Waals surface area (Å²) in [6.07, 6.45) is 4.91. The van der Waals surface area contributed by atoms with E-state index in [0.29, 0.717) is 11.5 Å². The molecule has 1 fully saturated rings. The van der Waals surface area contributed by atoms with Gasteiger partial charge in [-0.2, -0.15) is 0 Å². The zero-order chi connectivity index (χ0) is 13.6. The minimum Gasteiger partial charge on any atom is -0.368 e. The zero-order valence-electron chi connectivity index (χ0n) is 12.5. The van der Waals surface area contributed by atoms with E-state index < -0.39 is 0 Å². The molecule has 2 aliphatic rings. The second kappa shape index (κ2) is 4.40. The average molecular weight is 255 g/mol. The van der Waals surface area contributed by atoms with Gasteiger partial charge in [0.15, 0.2) is 0 Å². The molecule has 1 saturated heterocycles. The fraction of sp³-hybridized carbons (Fsp3) is 0.556. The summed E-state index contributed by atoms with van der Waals surface area (Å²) < 4.78 is 0. The molecule has 3 rings (SSSR count). The summed E-state index contributed by atoms with van der Waals surface area (Å²) in [5.41, 5.74) is 6.23. The van der Waals surface area contributed by atoms with Gasteiger partial charge in [0.05, 0.1) is 6.04 Å². The maximum atomic E-state index is 4.28. The molecular weight excluding hydrogens is 230 g/mol. The number of likely N-dealkylation sites (tertiary alicyclic amines) is 1. The van der Waals surface area contributed by atoms with Crippen molar-refractivity contribution in [1.29, 1.82) is 0 Å². The van der Waals surface area contributed by atoms with Crippen LogP contribution >= 0.6 is 0 Å². The van der Waals surface area contributed by atoms with Crippen molar-refractivity contribution < 1.29 is 0 Å². The molecule has 0 saturated carbocycles. The van der Waals surface area contributed by atoms with Crippen molar-refractivity contribution in [3.63, 3.8) is 0 Å². The molecule has 1 unspecified atom stereocenters. The van der Waals surface area contributed by atoms with Gasteiger partial charge in [0, 0.05) is 12.2 Å². The van der Waals surface area contributed by atoms with Crippen LogP contribution in [-0.2, 0) is 6.42 Å². The average Bonchev–Trinajstić information content (AvgIpc) is 2.74. The van der Waals surface area contributed by atoms with Gasteiger partial charge in [-0.3, -0.25) is 0 Å². The summed E-state index contributed by atoms with van der Waals surface area (Å²) in [4.78, 5) is 2.57. The highest BCUT2D eigenvalue weighted by Crippen LogP contribution is 2.46. The van der Waals surface area contributed by atoms with E-state index in [4.69, 9.17) is 0 Å². The van der Waals surface area contributed by atoms with Crippen LogP contribution in [0.15, 0.2) is 30.5 Å². The molecule has 1 aliphatic heterocycles. The van der Waals surface area contributed by atoms with Gasteiger partial charge in [-0.1, -0.05) is 44.2 Å². The number of aryl methyl sites for hydroxylation is 1. The number of rotatable bonds is 1. The molecule has 1 heteroatoms. The lowest BCUT2D eigenvalue weighted by Gasteiger charge is -2.42. The molecule has 0 radical (unpaired) electrons. The molecule has 0 bridgehead atoms. The molecule has 1 aliphatic carbocycles. The van der Waals surface area contributed by atoms with Crippen molar-refractivity contribution in [2.75, 3.05) is 6.54 Å². The van der Waals surface area contributed by atoms with Gasteiger partial charge in [0.1, 0.15) is 0 Å². The van der Waals surface area contributed by atoms with E-state index in [1.54, 1.807) is 11.1 Å². The van der Waals surface area contributed by atoms with Gasteiger partial charge in [0.2, 0.25) is 0 Å². The Morgan fingerprint density at radius 1 is 1.32 bits per heavy atom. The first kappa shape index (κ1) is 12.8. The van der Waals surface area contributed by atoms with Gasteiger partial charge in [-0.05, 0) is 49.1 Å². The van der Waals surface area contributed by atoms with Crippen LogP contribution in [0.25, 0.3) is 0 Å². The number of benzene rings is 1. The molecule has 1 nitrogen and oxygen atoms in total. The summed E-state index contributed by atoms with van der Waals surface area (Å²) >= 11 is 0. The standard InChI is InChI=1S/C18H25N/c1-13-7-8-15-11-18(3,4)12-17(16(15)10-13)19-9-5-6-14(19)2/h7-8,10,17H,2,5-6,9,11-12H2,1,3-4H3. The van der Waals surface area contributed by atoms with Crippen molar-refractivity contribution in [3.05, 3.63) is 47.2 Å². The minimum atomic E-state index is 0.399. The summed E-state index contributed by atoms with van der Waals surface area (Å²) in [5.74, 6) is 0. The highest BCUT2D eigenvalue weighted by atomic mass is 15.2. The lowest BCUT2D eigenvalue weighted by molar-refractivity contribution is 0.175. The Balaban J connectivity index is 2.04. The van der Waals surface area contributed by atoms with E-state index in [2.05, 4.69) is 50.4 Å². The topological polar surface area (TPSA) is 3.24 Å². The molecule has 19 heavy (non-hydrogen) atoms. The number of allylic oxidation sites excluding steroid dienone is 1. The van der Waals surface area contributed by atoms with Gasteiger partial charge in [0.25, 0.3) is 0 Å². The van der Waals surface area contributed by atoms with Gasteiger partial charge < -0.3 is 4.90 Å². The van der Waals surface area contributed by atoms with Gasteiger partial charge in [-0.15, -0.1) is 0 Å². The van der Waals surface area contributed by atoms with Crippen LogP contribution in [-0.4, -0.2) is 11.4 Å². The Morgan fingerprint density at radius 2 is 2.11 bits per heavy atom. The van der Waals surface area contributed by atoms with E-state index in [1.165, 1.54) is 43.5 Å². The van der Waals surface area contributed by atoms with Crippen LogP contribution in [0, 0.1) is 12.3 Å². The molecule has 0 N–H and O–H groups in total. The number of hydrogen-bond acceptors (Lipinski definition) is 1. The molecule has 0 aromatic heterocycles. The largest absolute Gasteiger partial charge is 0.368 e. The molecule has 1 heterocycles. The van der Waals surface area contributed by atoms with Crippen LogP contribution in [0.5, 0.6) is 0 Å². The van der Waals surface area contributed by atoms with Crippen LogP contribution in [0.3, 0.4) is 0 Å². The molecule has 0 spiro atoms. The van der Waals surface area contributed by atoms with E-state index in [9.17, 15) is 0 Å². The van der Waals surface area contributed by atoms with Gasteiger partial charge in [-0.25, -0.2) is 0 Å². The summed E-state index contributed by atoms with van der Waals surface area (Å²) in [5, 5.41) is 0. The van der Waals surface area contributed by atoms with Crippen LogP contribution in [0.4, 0.5) is 0 Å². The van der Waals surface area contributed by atoms with E-state index in [-0.39, 0.29) is 0 Å². The zero-order valence-corrected chi connectivity index (χ0v) is 12.5. The molecule has 1 aromatic rings. The quantitative estimate of drug-likeness (QED) is 0.708. The smallest absolute Gasteiger partial charge is 0.0547 e. The second-order valence-corrected chi connectivity index (χ2v) is 7.13. The van der Waals surface area contributed by atoms with Crippen molar-refractivity contribution in [3.8, 4) is 0 Å². The molecule has 102 valence electrons. The first-order valence-corrected chi connectivity index (χ1v) is 7.50. The first-order chi connectivity index (χ1) is 8.96. The number of hydrogen-bond donors (Lipinski definition) is 0. The lowest BCUT2D eigenvalue weighted by atomic mass is 9.71.